The van der Waals surface area contributed by atoms with Crippen molar-refractivity contribution in [2.24, 2.45) is 0 Å². The van der Waals surface area contributed by atoms with E-state index in [0.29, 0.717) is 5.82 Å². The van der Waals surface area contributed by atoms with E-state index >= 15 is 0 Å². The molecule has 46 heavy (non-hydrogen) atoms. The molecule has 0 fully saturated rings. The maximum atomic E-state index is 5.17. The van der Waals surface area contributed by atoms with Gasteiger partial charge in [-0.05, 0) is 58.1 Å². The number of benzene rings is 6. The smallest absolute Gasteiger partial charge is 0.160 e. The lowest BCUT2D eigenvalue weighted by Crippen LogP contribution is -1.97. The van der Waals surface area contributed by atoms with Crippen LogP contribution in [0.5, 0.6) is 0 Å². The van der Waals surface area contributed by atoms with Crippen molar-refractivity contribution >= 4 is 10.9 Å². The Hall–Kier alpha value is -6.19. The lowest BCUT2D eigenvalue weighted by Gasteiger charge is -2.14. The fraction of sp³-hybridized carbons (Fsp3) is 0. The zero-order chi connectivity index (χ0) is 30.7. The third-order valence-corrected chi connectivity index (χ3v) is 8.33. The Morgan fingerprint density at radius 1 is 0.326 bits per heavy atom. The number of hydrogen-bond acceptors (Lipinski definition) is 3. The summed E-state index contributed by atoms with van der Waals surface area (Å²) in [6.45, 7) is 0. The average molecular weight is 588 g/mol. The first-order valence-corrected chi connectivity index (χ1v) is 15.4. The fourth-order valence-corrected chi connectivity index (χ4v) is 5.99. The van der Waals surface area contributed by atoms with E-state index in [4.69, 9.17) is 15.0 Å². The van der Waals surface area contributed by atoms with Crippen molar-refractivity contribution in [3.8, 4) is 67.3 Å². The summed E-state index contributed by atoms with van der Waals surface area (Å²) in [5.41, 5.74) is 12.6. The third-order valence-electron chi connectivity index (χ3n) is 8.33. The summed E-state index contributed by atoms with van der Waals surface area (Å²) in [6, 6.07) is 59.1. The second-order valence-electron chi connectivity index (χ2n) is 11.3. The number of pyridine rings is 1. The molecule has 0 atom stereocenters. The van der Waals surface area contributed by atoms with E-state index in [9.17, 15) is 0 Å². The standard InChI is InChI=1S/C43H29N3/c1-4-12-30(13-5-1)32-21-23-33(24-22-32)40-29-41(46-43(45-40)35-16-8-3-9-17-35)38-27-36(31-14-6-2-7-15-31)26-37(28-38)39-20-10-18-34-19-11-25-44-42(34)39/h1-29H. The van der Waals surface area contributed by atoms with Gasteiger partial charge in [-0.25, -0.2) is 9.97 Å². The summed E-state index contributed by atoms with van der Waals surface area (Å²) in [6.07, 6.45) is 1.86. The molecule has 0 N–H and O–H groups in total. The van der Waals surface area contributed by atoms with Crippen LogP contribution in [0.1, 0.15) is 0 Å². The number of hydrogen-bond donors (Lipinski definition) is 0. The average Bonchev–Trinajstić information content (AvgIpc) is 3.15. The molecule has 3 heteroatoms. The molecule has 0 spiro atoms. The van der Waals surface area contributed by atoms with Crippen LogP contribution < -0.4 is 0 Å². The Morgan fingerprint density at radius 3 is 1.54 bits per heavy atom. The Morgan fingerprint density at radius 2 is 0.848 bits per heavy atom. The Labute approximate surface area is 268 Å². The summed E-state index contributed by atoms with van der Waals surface area (Å²) in [5, 5.41) is 1.11. The van der Waals surface area contributed by atoms with Crippen LogP contribution >= 0.6 is 0 Å². The first-order valence-electron chi connectivity index (χ1n) is 15.4. The summed E-state index contributed by atoms with van der Waals surface area (Å²) in [7, 11) is 0. The van der Waals surface area contributed by atoms with Crippen LogP contribution in [0.2, 0.25) is 0 Å². The van der Waals surface area contributed by atoms with Crippen molar-refractivity contribution in [1.29, 1.82) is 0 Å². The minimum Gasteiger partial charge on any atom is -0.256 e. The van der Waals surface area contributed by atoms with Gasteiger partial charge in [0.2, 0.25) is 0 Å². The van der Waals surface area contributed by atoms with Crippen LogP contribution in [-0.2, 0) is 0 Å². The summed E-state index contributed by atoms with van der Waals surface area (Å²) >= 11 is 0. The number of para-hydroxylation sites is 1. The van der Waals surface area contributed by atoms with Gasteiger partial charge in [0.25, 0.3) is 0 Å². The lowest BCUT2D eigenvalue weighted by atomic mass is 9.93. The highest BCUT2D eigenvalue weighted by Crippen LogP contribution is 2.36. The van der Waals surface area contributed by atoms with Gasteiger partial charge in [-0.3, -0.25) is 4.98 Å². The topological polar surface area (TPSA) is 38.7 Å². The fourth-order valence-electron chi connectivity index (χ4n) is 5.99. The largest absolute Gasteiger partial charge is 0.256 e. The first-order chi connectivity index (χ1) is 22.8. The molecule has 216 valence electrons. The molecule has 0 aliphatic heterocycles. The number of aromatic nitrogens is 3. The molecule has 0 unspecified atom stereocenters. The second-order valence-corrected chi connectivity index (χ2v) is 11.3. The van der Waals surface area contributed by atoms with Crippen molar-refractivity contribution in [2.75, 3.05) is 0 Å². The molecular weight excluding hydrogens is 558 g/mol. The summed E-state index contributed by atoms with van der Waals surface area (Å²) in [4.78, 5) is 15.0. The first kappa shape index (κ1) is 27.4. The maximum absolute atomic E-state index is 5.17. The highest BCUT2D eigenvalue weighted by molar-refractivity contribution is 5.95. The molecule has 2 heterocycles. The Kier molecular flexibility index (Phi) is 7.18. The molecule has 0 aliphatic carbocycles. The van der Waals surface area contributed by atoms with Gasteiger partial charge in [0.15, 0.2) is 5.82 Å². The van der Waals surface area contributed by atoms with Crippen LogP contribution in [0.25, 0.3) is 78.2 Å². The molecule has 0 aliphatic rings. The van der Waals surface area contributed by atoms with Crippen LogP contribution in [0.3, 0.4) is 0 Å². The molecule has 0 radical (unpaired) electrons. The van der Waals surface area contributed by atoms with Crippen LogP contribution in [-0.4, -0.2) is 15.0 Å². The van der Waals surface area contributed by atoms with E-state index in [0.717, 1.165) is 61.2 Å². The van der Waals surface area contributed by atoms with E-state index in [1.807, 2.05) is 36.5 Å². The van der Waals surface area contributed by atoms with Crippen molar-refractivity contribution < 1.29 is 0 Å². The molecule has 0 bridgehead atoms. The van der Waals surface area contributed by atoms with E-state index in [1.165, 1.54) is 11.1 Å². The Balaban J connectivity index is 1.32. The van der Waals surface area contributed by atoms with Crippen molar-refractivity contribution in [1.82, 2.24) is 15.0 Å². The molecule has 0 saturated heterocycles. The highest BCUT2D eigenvalue weighted by atomic mass is 14.9. The highest BCUT2D eigenvalue weighted by Gasteiger charge is 2.15. The molecule has 6 aromatic carbocycles. The van der Waals surface area contributed by atoms with E-state index in [-0.39, 0.29) is 0 Å². The molecule has 0 amide bonds. The van der Waals surface area contributed by atoms with Crippen LogP contribution in [0, 0.1) is 0 Å². The zero-order valence-electron chi connectivity index (χ0n) is 25.1. The molecule has 2 aromatic heterocycles. The molecule has 8 aromatic rings. The normalized spacial score (nSPS) is 11.0. The Bertz CT molecular complexity index is 2270. The minimum absolute atomic E-state index is 0.693. The van der Waals surface area contributed by atoms with E-state index in [2.05, 4.69) is 140 Å². The number of rotatable bonds is 6. The molecule has 3 nitrogen and oxygen atoms in total. The van der Waals surface area contributed by atoms with Gasteiger partial charge in [-0.15, -0.1) is 0 Å². The van der Waals surface area contributed by atoms with E-state index in [1.54, 1.807) is 0 Å². The summed E-state index contributed by atoms with van der Waals surface area (Å²) < 4.78 is 0. The number of fused-ring (bicyclic) bond motifs is 1. The minimum atomic E-state index is 0.693. The lowest BCUT2D eigenvalue weighted by molar-refractivity contribution is 1.18. The van der Waals surface area contributed by atoms with Gasteiger partial charge < -0.3 is 0 Å². The molecular formula is C43H29N3. The zero-order valence-corrected chi connectivity index (χ0v) is 25.1. The third kappa shape index (κ3) is 5.47. The second kappa shape index (κ2) is 12.1. The predicted octanol–water partition coefficient (Wildman–Crippen LogP) is 11.0. The van der Waals surface area contributed by atoms with Crippen molar-refractivity contribution in [2.45, 2.75) is 0 Å². The van der Waals surface area contributed by atoms with Crippen LogP contribution in [0.4, 0.5) is 0 Å². The van der Waals surface area contributed by atoms with Gasteiger partial charge in [0.1, 0.15) is 0 Å². The van der Waals surface area contributed by atoms with Gasteiger partial charge in [-0.2, -0.15) is 0 Å². The predicted molar refractivity (Wildman–Crippen MR) is 190 cm³/mol. The van der Waals surface area contributed by atoms with Gasteiger partial charge in [0, 0.05) is 33.8 Å². The number of nitrogens with zero attached hydrogens (tertiary/aromatic N) is 3. The van der Waals surface area contributed by atoms with Crippen LogP contribution in [0.15, 0.2) is 176 Å². The quantitative estimate of drug-likeness (QED) is 0.194. The van der Waals surface area contributed by atoms with Gasteiger partial charge in [-0.1, -0.05) is 140 Å². The SMILES string of the molecule is c1ccc(-c2ccc(-c3cc(-c4cc(-c5ccccc5)cc(-c5cccc6cccnc56)c4)nc(-c4ccccc4)n3)cc2)cc1. The summed E-state index contributed by atoms with van der Waals surface area (Å²) in [5.74, 6) is 0.693. The van der Waals surface area contributed by atoms with Crippen molar-refractivity contribution in [3.05, 3.63) is 176 Å². The molecule has 0 saturated carbocycles. The molecule has 8 rings (SSSR count). The van der Waals surface area contributed by atoms with E-state index < -0.39 is 0 Å². The maximum Gasteiger partial charge on any atom is 0.160 e. The van der Waals surface area contributed by atoms with Crippen molar-refractivity contribution in [3.63, 3.8) is 0 Å². The monoisotopic (exact) mass is 587 g/mol. The van der Waals surface area contributed by atoms with Gasteiger partial charge in [0.05, 0.1) is 16.9 Å². The van der Waals surface area contributed by atoms with Gasteiger partial charge >= 0.3 is 0 Å².